The topological polar surface area (TPSA) is 108 Å². The summed E-state index contributed by atoms with van der Waals surface area (Å²) < 4.78 is 13.0. The highest BCUT2D eigenvalue weighted by molar-refractivity contribution is 5.92. The van der Waals surface area contributed by atoms with Gasteiger partial charge in [0.2, 0.25) is 11.8 Å². The number of hydrogen-bond donors (Lipinski definition) is 2. The Kier molecular flexibility index (Phi) is 5.30. The molecule has 8 nitrogen and oxygen atoms in total. The fraction of sp³-hybridized carbons (Fsp3) is 0.353. The van der Waals surface area contributed by atoms with Crippen LogP contribution in [0.15, 0.2) is 42.7 Å². The highest BCUT2D eigenvalue weighted by Crippen LogP contribution is 2.18. The second kappa shape index (κ2) is 7.80. The molecule has 1 fully saturated rings. The van der Waals surface area contributed by atoms with Crippen LogP contribution >= 0.6 is 0 Å². The molecule has 0 spiro atoms. The Bertz CT molecular complexity index is 715. The van der Waals surface area contributed by atoms with Crippen LogP contribution in [-0.4, -0.2) is 47.0 Å². The molecular weight excluding hydrogens is 324 g/mol. The van der Waals surface area contributed by atoms with Crippen molar-refractivity contribution in [3.05, 3.63) is 48.3 Å². The number of carbonyl (C=O) groups excluding carboxylic acids is 2. The van der Waals surface area contributed by atoms with E-state index in [1.165, 1.54) is 0 Å². The van der Waals surface area contributed by atoms with E-state index in [1.807, 2.05) is 0 Å². The molecule has 0 bridgehead atoms. The number of primary amides is 1. The zero-order chi connectivity index (χ0) is 17.6. The lowest BCUT2D eigenvalue weighted by Gasteiger charge is -2.32. The Morgan fingerprint density at radius 2 is 2.16 bits per heavy atom. The highest BCUT2D eigenvalue weighted by Gasteiger charge is 2.29. The monoisotopic (exact) mass is 344 g/mol. The summed E-state index contributed by atoms with van der Waals surface area (Å²) in [6.07, 6.45) is 3.71. The normalized spacial score (nSPS) is 20.0. The molecule has 0 aliphatic carbocycles. The lowest BCUT2D eigenvalue weighted by Crippen LogP contribution is -2.52. The number of rotatable bonds is 6. The van der Waals surface area contributed by atoms with Crippen LogP contribution in [0.25, 0.3) is 0 Å². The van der Waals surface area contributed by atoms with E-state index in [4.69, 9.17) is 15.2 Å². The first-order valence-corrected chi connectivity index (χ1v) is 8.03. The molecule has 1 aromatic carbocycles. The minimum absolute atomic E-state index is 0.131. The molecule has 25 heavy (non-hydrogen) atoms. The number of aromatic nitrogens is 2. The van der Waals surface area contributed by atoms with Crippen LogP contribution in [0, 0.1) is 0 Å². The summed E-state index contributed by atoms with van der Waals surface area (Å²) in [6.45, 7) is 1.10. The SMILES string of the molecule is NC(=O)c1ccc(O[C@@H]2COCC[C@H]2NC(=O)Cn2cccn2)cc1. The molecule has 0 saturated carbocycles. The molecule has 1 aliphatic heterocycles. The van der Waals surface area contributed by atoms with Crippen LogP contribution in [0.2, 0.25) is 0 Å². The Hall–Kier alpha value is -2.87. The number of benzene rings is 1. The third-order valence-electron chi connectivity index (χ3n) is 3.94. The van der Waals surface area contributed by atoms with Gasteiger partial charge < -0.3 is 20.5 Å². The van der Waals surface area contributed by atoms with Gasteiger partial charge in [0.1, 0.15) is 18.4 Å². The number of ether oxygens (including phenoxy) is 2. The molecule has 2 amide bonds. The van der Waals surface area contributed by atoms with Gasteiger partial charge in [-0.15, -0.1) is 0 Å². The number of nitrogens with two attached hydrogens (primary N) is 1. The Morgan fingerprint density at radius 1 is 1.36 bits per heavy atom. The summed E-state index contributed by atoms with van der Waals surface area (Å²) in [6, 6.07) is 8.17. The lowest BCUT2D eigenvalue weighted by molar-refractivity contribution is -0.124. The summed E-state index contributed by atoms with van der Waals surface area (Å²) in [5, 5.41) is 7.00. The number of hydrogen-bond acceptors (Lipinski definition) is 5. The minimum Gasteiger partial charge on any atom is -0.486 e. The Labute approximate surface area is 144 Å². The fourth-order valence-corrected chi connectivity index (χ4v) is 2.66. The molecule has 3 rings (SSSR count). The molecule has 8 heteroatoms. The lowest BCUT2D eigenvalue weighted by atomic mass is 10.1. The maximum absolute atomic E-state index is 12.2. The van der Waals surface area contributed by atoms with Crippen molar-refractivity contribution in [3.63, 3.8) is 0 Å². The van der Waals surface area contributed by atoms with Gasteiger partial charge in [-0.1, -0.05) is 0 Å². The summed E-state index contributed by atoms with van der Waals surface area (Å²) >= 11 is 0. The first-order valence-electron chi connectivity index (χ1n) is 8.03. The maximum Gasteiger partial charge on any atom is 0.248 e. The van der Waals surface area contributed by atoms with E-state index in [0.29, 0.717) is 30.9 Å². The van der Waals surface area contributed by atoms with E-state index in [-0.39, 0.29) is 24.6 Å². The molecule has 2 aromatic rings. The maximum atomic E-state index is 12.2. The third-order valence-corrected chi connectivity index (χ3v) is 3.94. The summed E-state index contributed by atoms with van der Waals surface area (Å²) in [5.41, 5.74) is 5.64. The van der Waals surface area contributed by atoms with Gasteiger partial charge in [-0.2, -0.15) is 5.10 Å². The van der Waals surface area contributed by atoms with Crippen LogP contribution in [0.3, 0.4) is 0 Å². The molecule has 2 atom stereocenters. The van der Waals surface area contributed by atoms with E-state index in [1.54, 1.807) is 47.4 Å². The second-order valence-corrected chi connectivity index (χ2v) is 5.79. The zero-order valence-corrected chi connectivity index (χ0v) is 13.6. The minimum atomic E-state index is -0.490. The number of amides is 2. The van der Waals surface area contributed by atoms with Crippen molar-refractivity contribution in [2.45, 2.75) is 25.1 Å². The van der Waals surface area contributed by atoms with Gasteiger partial charge in [0.25, 0.3) is 0 Å². The molecule has 3 N–H and O–H groups in total. The standard InChI is InChI=1S/C17H20N4O4/c18-17(23)12-2-4-13(5-3-12)25-15-11-24-9-6-14(15)20-16(22)10-21-8-1-7-19-21/h1-5,7-8,14-15H,6,9-11H2,(H2,18,23)(H,20,22)/t14-,15-/m1/s1. The Balaban J connectivity index is 1.60. The summed E-state index contributed by atoms with van der Waals surface area (Å²) in [5.74, 6) is -0.0311. The largest absolute Gasteiger partial charge is 0.486 e. The number of nitrogens with zero attached hydrogens (tertiary/aromatic N) is 2. The molecular formula is C17H20N4O4. The van der Waals surface area contributed by atoms with Gasteiger partial charge in [0, 0.05) is 24.6 Å². The highest BCUT2D eigenvalue weighted by atomic mass is 16.5. The van der Waals surface area contributed by atoms with E-state index < -0.39 is 5.91 Å². The van der Waals surface area contributed by atoms with Crippen LogP contribution in [-0.2, 0) is 16.1 Å². The number of carbonyl (C=O) groups is 2. The average Bonchev–Trinajstić information content (AvgIpc) is 3.10. The molecule has 2 heterocycles. The quantitative estimate of drug-likeness (QED) is 0.785. The second-order valence-electron chi connectivity index (χ2n) is 5.79. The predicted molar refractivity (Wildman–Crippen MR) is 89.0 cm³/mol. The van der Waals surface area contributed by atoms with Crippen molar-refractivity contribution in [1.82, 2.24) is 15.1 Å². The van der Waals surface area contributed by atoms with E-state index in [9.17, 15) is 9.59 Å². The molecule has 0 radical (unpaired) electrons. The van der Waals surface area contributed by atoms with Gasteiger partial charge in [-0.05, 0) is 36.8 Å². The molecule has 1 aliphatic rings. The van der Waals surface area contributed by atoms with Crippen molar-refractivity contribution in [2.75, 3.05) is 13.2 Å². The van der Waals surface area contributed by atoms with Crippen molar-refractivity contribution in [1.29, 1.82) is 0 Å². The van der Waals surface area contributed by atoms with E-state index in [0.717, 1.165) is 0 Å². The van der Waals surface area contributed by atoms with Crippen LogP contribution in [0.5, 0.6) is 5.75 Å². The van der Waals surface area contributed by atoms with Crippen molar-refractivity contribution in [2.24, 2.45) is 5.73 Å². The van der Waals surface area contributed by atoms with Gasteiger partial charge in [0.05, 0.1) is 12.6 Å². The smallest absolute Gasteiger partial charge is 0.248 e. The van der Waals surface area contributed by atoms with Gasteiger partial charge in [-0.3, -0.25) is 14.3 Å². The van der Waals surface area contributed by atoms with Crippen LogP contribution in [0.1, 0.15) is 16.8 Å². The third kappa shape index (κ3) is 4.57. The first kappa shape index (κ1) is 17.0. The predicted octanol–water partition coefficient (Wildman–Crippen LogP) is 0.335. The molecule has 1 aromatic heterocycles. The first-order chi connectivity index (χ1) is 12.1. The van der Waals surface area contributed by atoms with Crippen LogP contribution in [0.4, 0.5) is 0 Å². The molecule has 132 valence electrons. The van der Waals surface area contributed by atoms with E-state index in [2.05, 4.69) is 10.4 Å². The van der Waals surface area contributed by atoms with Gasteiger partial charge >= 0.3 is 0 Å². The van der Waals surface area contributed by atoms with Crippen molar-refractivity contribution < 1.29 is 19.1 Å². The average molecular weight is 344 g/mol. The van der Waals surface area contributed by atoms with E-state index >= 15 is 0 Å². The molecule has 1 saturated heterocycles. The van der Waals surface area contributed by atoms with Gasteiger partial charge in [0.15, 0.2) is 0 Å². The van der Waals surface area contributed by atoms with Gasteiger partial charge in [-0.25, -0.2) is 0 Å². The summed E-state index contributed by atoms with van der Waals surface area (Å²) in [7, 11) is 0. The van der Waals surface area contributed by atoms with Crippen LogP contribution < -0.4 is 15.8 Å². The van der Waals surface area contributed by atoms with Crippen molar-refractivity contribution in [3.8, 4) is 5.75 Å². The number of nitrogens with one attached hydrogen (secondary N) is 1. The molecule has 0 unspecified atom stereocenters. The Morgan fingerprint density at radius 3 is 2.84 bits per heavy atom. The fourth-order valence-electron chi connectivity index (χ4n) is 2.66. The van der Waals surface area contributed by atoms with Crippen molar-refractivity contribution >= 4 is 11.8 Å². The summed E-state index contributed by atoms with van der Waals surface area (Å²) in [4.78, 5) is 23.3. The zero-order valence-electron chi connectivity index (χ0n) is 13.6.